The number of hydrogen-bond acceptors (Lipinski definition) is 5. The number of rotatable bonds is 2. The van der Waals surface area contributed by atoms with Gasteiger partial charge in [-0.05, 0) is 25.5 Å². The molecule has 1 atom stereocenters. The van der Waals surface area contributed by atoms with Crippen LogP contribution in [-0.4, -0.2) is 45.7 Å². The van der Waals surface area contributed by atoms with Crippen LogP contribution in [0.1, 0.15) is 13.3 Å². The van der Waals surface area contributed by atoms with E-state index in [0.29, 0.717) is 13.2 Å². The molecule has 20 heavy (non-hydrogen) atoms. The molecule has 0 spiro atoms. The third-order valence-corrected chi connectivity index (χ3v) is 5.62. The first-order valence-electron chi connectivity index (χ1n) is 7.07. The number of benzene rings is 1. The second-order valence-corrected chi connectivity index (χ2v) is 7.49. The summed E-state index contributed by atoms with van der Waals surface area (Å²) in [6, 6.07) is 6.04. The quantitative estimate of drug-likeness (QED) is 0.896. The number of sulfone groups is 1. The third-order valence-electron chi connectivity index (χ3n) is 3.92. The van der Waals surface area contributed by atoms with Crippen molar-refractivity contribution in [2.45, 2.75) is 19.4 Å². The maximum atomic E-state index is 11.8. The number of fused-ring (bicyclic) bond motifs is 3. The zero-order chi connectivity index (χ0) is 14.2. The Morgan fingerprint density at radius 1 is 1.45 bits per heavy atom. The van der Waals surface area contributed by atoms with Crippen molar-refractivity contribution in [1.29, 1.82) is 0 Å². The second-order valence-electron chi connectivity index (χ2n) is 5.26. The van der Waals surface area contributed by atoms with Gasteiger partial charge in [-0.25, -0.2) is 8.42 Å². The van der Waals surface area contributed by atoms with Crippen LogP contribution in [0, 0.1) is 0 Å². The fraction of sp³-hybridized carbons (Fsp3) is 0.571. The van der Waals surface area contributed by atoms with Crippen LogP contribution in [0.25, 0.3) is 0 Å². The Labute approximate surface area is 119 Å². The molecule has 1 unspecified atom stereocenters. The summed E-state index contributed by atoms with van der Waals surface area (Å²) in [6.45, 7) is 3.92. The first-order valence-corrected chi connectivity index (χ1v) is 8.89. The average Bonchev–Trinajstić information content (AvgIpc) is 2.57. The molecule has 5 nitrogen and oxygen atoms in total. The van der Waals surface area contributed by atoms with Crippen LogP contribution < -0.4 is 15.0 Å². The molecule has 0 bridgehead atoms. The van der Waals surface area contributed by atoms with Crippen molar-refractivity contribution in [1.82, 2.24) is 0 Å². The van der Waals surface area contributed by atoms with Crippen LogP contribution in [-0.2, 0) is 9.84 Å². The van der Waals surface area contributed by atoms with Gasteiger partial charge in [-0.3, -0.25) is 0 Å². The molecule has 1 saturated heterocycles. The summed E-state index contributed by atoms with van der Waals surface area (Å²) in [5, 5.41) is 3.40. The van der Waals surface area contributed by atoms with Crippen molar-refractivity contribution in [2.24, 2.45) is 0 Å². The zero-order valence-corrected chi connectivity index (χ0v) is 12.4. The number of para-hydroxylation sites is 1. The van der Waals surface area contributed by atoms with Gasteiger partial charge in [0.15, 0.2) is 9.84 Å². The lowest BCUT2D eigenvalue weighted by Crippen LogP contribution is -2.48. The Kier molecular flexibility index (Phi) is 3.50. The standard InChI is InChI=1S/C14H20N2O3S/c1-2-19-13-5-3-4-12-14(13)15-7-6-11-10-20(17,18)9-8-16(11)12/h3-5,11,15H,2,6-10H2,1H3. The van der Waals surface area contributed by atoms with Crippen LogP contribution in [0.5, 0.6) is 5.75 Å². The summed E-state index contributed by atoms with van der Waals surface area (Å²) >= 11 is 0. The molecule has 0 amide bonds. The zero-order valence-electron chi connectivity index (χ0n) is 11.6. The molecule has 6 heteroatoms. The Morgan fingerprint density at radius 2 is 2.30 bits per heavy atom. The molecule has 110 valence electrons. The molecule has 1 aromatic carbocycles. The normalized spacial score (nSPS) is 24.1. The Morgan fingerprint density at radius 3 is 3.10 bits per heavy atom. The van der Waals surface area contributed by atoms with Crippen LogP contribution in [0.4, 0.5) is 11.4 Å². The van der Waals surface area contributed by atoms with Gasteiger partial charge in [0.25, 0.3) is 0 Å². The first-order chi connectivity index (χ1) is 9.61. The summed E-state index contributed by atoms with van der Waals surface area (Å²) in [5.41, 5.74) is 2.06. The topological polar surface area (TPSA) is 58.6 Å². The minimum Gasteiger partial charge on any atom is -0.492 e. The molecule has 3 rings (SSSR count). The molecule has 1 aromatic rings. The van der Waals surface area contributed by atoms with E-state index >= 15 is 0 Å². The lowest BCUT2D eigenvalue weighted by Gasteiger charge is -2.36. The summed E-state index contributed by atoms with van der Waals surface area (Å²) in [7, 11) is -2.89. The fourth-order valence-corrected chi connectivity index (χ4v) is 4.59. The van der Waals surface area contributed by atoms with E-state index < -0.39 is 9.84 Å². The van der Waals surface area contributed by atoms with E-state index in [4.69, 9.17) is 4.74 Å². The monoisotopic (exact) mass is 296 g/mol. The van der Waals surface area contributed by atoms with E-state index in [9.17, 15) is 8.42 Å². The van der Waals surface area contributed by atoms with Gasteiger partial charge in [0.2, 0.25) is 0 Å². The molecule has 2 heterocycles. The van der Waals surface area contributed by atoms with Crippen molar-refractivity contribution in [3.63, 3.8) is 0 Å². The van der Waals surface area contributed by atoms with Gasteiger partial charge in [0.05, 0.1) is 23.8 Å². The van der Waals surface area contributed by atoms with E-state index in [1.54, 1.807) is 0 Å². The Bertz CT molecular complexity index is 600. The number of nitrogens with zero attached hydrogens (tertiary/aromatic N) is 1. The van der Waals surface area contributed by atoms with Crippen molar-refractivity contribution in [3.8, 4) is 5.75 Å². The summed E-state index contributed by atoms with van der Waals surface area (Å²) in [5.74, 6) is 1.34. The van der Waals surface area contributed by atoms with Crippen LogP contribution in [0.2, 0.25) is 0 Å². The average molecular weight is 296 g/mol. The highest BCUT2D eigenvalue weighted by molar-refractivity contribution is 7.91. The number of ether oxygens (including phenoxy) is 1. The molecule has 0 aromatic heterocycles. The van der Waals surface area contributed by atoms with Crippen molar-refractivity contribution >= 4 is 21.2 Å². The highest BCUT2D eigenvalue weighted by Crippen LogP contribution is 2.39. The number of anilines is 2. The lowest BCUT2D eigenvalue weighted by atomic mass is 10.1. The van der Waals surface area contributed by atoms with E-state index in [2.05, 4.69) is 10.2 Å². The predicted molar refractivity (Wildman–Crippen MR) is 80.5 cm³/mol. The Balaban J connectivity index is 1.99. The van der Waals surface area contributed by atoms with Crippen LogP contribution >= 0.6 is 0 Å². The minimum atomic E-state index is -2.89. The maximum Gasteiger partial charge on any atom is 0.154 e. The smallest absolute Gasteiger partial charge is 0.154 e. The van der Waals surface area contributed by atoms with Crippen molar-refractivity contribution in [3.05, 3.63) is 18.2 Å². The van der Waals surface area contributed by atoms with E-state index in [1.165, 1.54) is 0 Å². The first kappa shape index (κ1) is 13.5. The fourth-order valence-electron chi connectivity index (χ4n) is 3.02. The van der Waals surface area contributed by atoms with E-state index in [-0.39, 0.29) is 17.5 Å². The summed E-state index contributed by atoms with van der Waals surface area (Å²) in [6.07, 6.45) is 0.833. The number of hydrogen-bond donors (Lipinski definition) is 1. The van der Waals surface area contributed by atoms with Crippen LogP contribution in [0.15, 0.2) is 18.2 Å². The highest BCUT2D eigenvalue weighted by atomic mass is 32.2. The molecule has 2 aliphatic rings. The number of nitrogens with one attached hydrogen (secondary N) is 1. The van der Waals surface area contributed by atoms with Gasteiger partial charge >= 0.3 is 0 Å². The largest absolute Gasteiger partial charge is 0.492 e. The maximum absolute atomic E-state index is 11.8. The minimum absolute atomic E-state index is 0.0689. The highest BCUT2D eigenvalue weighted by Gasteiger charge is 2.34. The molecule has 0 saturated carbocycles. The van der Waals surface area contributed by atoms with Gasteiger partial charge in [-0.2, -0.15) is 0 Å². The predicted octanol–water partition coefficient (Wildman–Crippen LogP) is 1.50. The second kappa shape index (κ2) is 5.16. The van der Waals surface area contributed by atoms with E-state index in [0.717, 1.165) is 30.1 Å². The molecule has 1 fully saturated rings. The lowest BCUT2D eigenvalue weighted by molar-refractivity contribution is 0.342. The summed E-state index contributed by atoms with van der Waals surface area (Å²) < 4.78 is 29.3. The molecule has 2 aliphatic heterocycles. The molecule has 0 aliphatic carbocycles. The van der Waals surface area contributed by atoms with Gasteiger partial charge in [0.1, 0.15) is 11.4 Å². The SMILES string of the molecule is CCOc1cccc2c1NCCC1CS(=O)(=O)CCN21. The molecular weight excluding hydrogens is 276 g/mol. The van der Waals surface area contributed by atoms with Gasteiger partial charge in [-0.1, -0.05) is 6.07 Å². The van der Waals surface area contributed by atoms with Crippen molar-refractivity contribution < 1.29 is 13.2 Å². The van der Waals surface area contributed by atoms with Crippen LogP contribution in [0.3, 0.4) is 0 Å². The van der Waals surface area contributed by atoms with Crippen molar-refractivity contribution in [2.75, 3.05) is 41.4 Å². The van der Waals surface area contributed by atoms with Gasteiger partial charge in [0, 0.05) is 19.1 Å². The van der Waals surface area contributed by atoms with E-state index in [1.807, 2.05) is 25.1 Å². The molecule has 0 radical (unpaired) electrons. The third kappa shape index (κ3) is 2.44. The van der Waals surface area contributed by atoms with Gasteiger partial charge in [-0.15, -0.1) is 0 Å². The Hall–Kier alpha value is -1.43. The summed E-state index contributed by atoms with van der Waals surface area (Å²) in [4.78, 5) is 2.22. The molecular formula is C14H20N2O3S. The van der Waals surface area contributed by atoms with Gasteiger partial charge < -0.3 is 15.0 Å². The molecule has 1 N–H and O–H groups in total.